The number of ether oxygens (including phenoxy) is 2. The lowest BCUT2D eigenvalue weighted by atomic mass is 9.94. The molecule has 7 rings (SSSR count). The second-order valence-corrected chi connectivity index (χ2v) is 13.6. The van der Waals surface area contributed by atoms with Gasteiger partial charge in [-0.1, -0.05) is 30.0 Å². The first-order valence-corrected chi connectivity index (χ1v) is 17.5. The zero-order valence-electron chi connectivity index (χ0n) is 27.7. The zero-order chi connectivity index (χ0) is 34.8. The largest absolute Gasteiger partial charge is 0.391 e. The lowest BCUT2D eigenvalue weighted by molar-refractivity contribution is -0.0470. The van der Waals surface area contributed by atoms with Crippen LogP contribution >= 0.6 is 11.8 Å². The molecule has 2 fully saturated rings. The van der Waals surface area contributed by atoms with Crippen molar-refractivity contribution in [3.8, 4) is 5.69 Å². The van der Waals surface area contributed by atoms with Gasteiger partial charge in [-0.25, -0.2) is 32.5 Å². The SMILES string of the molecule is CC(O)C(C)n1ncn(-c2ccc(N3CCN(c4ccc(CSC5OCC(Cn6cncn6)(c6ccc(F)cc6F)O5)cc4)CC3)cc2)c1=O. The smallest absolute Gasteiger partial charge is 0.350 e. The molecule has 15 heteroatoms. The van der Waals surface area contributed by atoms with Crippen LogP contribution in [-0.4, -0.2) is 78.7 Å². The van der Waals surface area contributed by atoms with Crippen LogP contribution in [0.25, 0.3) is 5.69 Å². The average molecular weight is 705 g/mol. The predicted octanol–water partition coefficient (Wildman–Crippen LogP) is 4.33. The Morgan fingerprint density at radius 2 is 1.58 bits per heavy atom. The molecule has 12 nitrogen and oxygen atoms in total. The first kappa shape index (κ1) is 33.9. The Bertz CT molecular complexity index is 1950. The standard InChI is InChI=1S/C35H38F2N8O4S/c1-24(25(2)46)45-33(47)44(23-40-45)30-10-8-29(9-11-30)42-15-13-41(14-16-42)28-6-3-26(4-7-28)18-50-34-48-20-35(49-34,19-43-22-38-21-39-43)31-12-5-27(36)17-32(31)37/h3-12,17,21-25,34,46H,13-16,18-20H2,1-2H3. The van der Waals surface area contributed by atoms with Gasteiger partial charge in [0.2, 0.25) is 5.62 Å². The van der Waals surface area contributed by atoms with Crippen molar-refractivity contribution in [3.63, 3.8) is 0 Å². The minimum Gasteiger partial charge on any atom is -0.391 e. The van der Waals surface area contributed by atoms with Crippen molar-refractivity contribution in [2.24, 2.45) is 0 Å². The van der Waals surface area contributed by atoms with Crippen LogP contribution in [0.3, 0.4) is 0 Å². The second kappa shape index (κ2) is 14.3. The van der Waals surface area contributed by atoms with Gasteiger partial charge in [-0.2, -0.15) is 10.2 Å². The molecule has 2 aromatic heterocycles. The minimum absolute atomic E-state index is 0.0813. The van der Waals surface area contributed by atoms with E-state index in [1.54, 1.807) is 18.5 Å². The number of aliphatic hydroxyl groups is 1. The molecule has 2 aliphatic rings. The van der Waals surface area contributed by atoms with Crippen LogP contribution in [0.2, 0.25) is 0 Å². The number of hydrogen-bond acceptors (Lipinski definition) is 10. The molecule has 4 atom stereocenters. The molecule has 0 bridgehead atoms. The van der Waals surface area contributed by atoms with Gasteiger partial charge in [-0.3, -0.25) is 0 Å². The van der Waals surface area contributed by atoms with E-state index in [1.807, 2.05) is 24.3 Å². The number of piperazine rings is 1. The maximum absolute atomic E-state index is 14.9. The molecule has 0 radical (unpaired) electrons. The third kappa shape index (κ3) is 7.03. The highest BCUT2D eigenvalue weighted by molar-refractivity contribution is 7.98. The van der Waals surface area contributed by atoms with E-state index in [2.05, 4.69) is 49.2 Å². The fraction of sp³-hybridized carbons (Fsp3) is 0.371. The predicted molar refractivity (Wildman–Crippen MR) is 185 cm³/mol. The second-order valence-electron chi connectivity index (χ2n) is 12.6. The topological polar surface area (TPSA) is 116 Å². The molecular formula is C35H38F2N8O4S. The van der Waals surface area contributed by atoms with Crippen molar-refractivity contribution in [2.75, 3.05) is 42.6 Å². The number of anilines is 2. The highest BCUT2D eigenvalue weighted by atomic mass is 32.2. The Hall–Kier alpha value is -4.57. The maximum Gasteiger partial charge on any atom is 0.350 e. The third-order valence-corrected chi connectivity index (χ3v) is 10.3. The highest BCUT2D eigenvalue weighted by Crippen LogP contribution is 2.41. The maximum atomic E-state index is 14.9. The van der Waals surface area contributed by atoms with Gasteiger partial charge in [0, 0.05) is 54.9 Å². The molecule has 1 N–H and O–H groups in total. The van der Waals surface area contributed by atoms with Gasteiger partial charge < -0.3 is 24.4 Å². The lowest BCUT2D eigenvalue weighted by Crippen LogP contribution is -2.46. The van der Waals surface area contributed by atoms with E-state index in [1.165, 1.54) is 52.1 Å². The Morgan fingerprint density at radius 1 is 0.920 bits per heavy atom. The van der Waals surface area contributed by atoms with E-state index in [4.69, 9.17) is 9.47 Å². The van der Waals surface area contributed by atoms with Crippen molar-refractivity contribution < 1.29 is 23.4 Å². The Labute approximate surface area is 291 Å². The molecule has 4 heterocycles. The molecule has 5 aromatic rings. The van der Waals surface area contributed by atoms with Crippen molar-refractivity contribution >= 4 is 23.1 Å². The molecule has 0 amide bonds. The van der Waals surface area contributed by atoms with Gasteiger partial charge in [-0.05, 0) is 61.9 Å². The summed E-state index contributed by atoms with van der Waals surface area (Å²) in [6, 6.07) is 19.3. The van der Waals surface area contributed by atoms with Crippen LogP contribution in [0.1, 0.15) is 31.0 Å². The van der Waals surface area contributed by atoms with Crippen molar-refractivity contribution in [1.29, 1.82) is 0 Å². The lowest BCUT2D eigenvalue weighted by Gasteiger charge is -2.37. The number of hydrogen-bond donors (Lipinski definition) is 1. The van der Waals surface area contributed by atoms with E-state index in [0.717, 1.165) is 54.9 Å². The third-order valence-electron chi connectivity index (χ3n) is 9.32. The number of rotatable bonds is 11. The number of halogens is 2. The van der Waals surface area contributed by atoms with Crippen LogP contribution in [0.5, 0.6) is 0 Å². The summed E-state index contributed by atoms with van der Waals surface area (Å²) in [7, 11) is 0. The quantitative estimate of drug-likeness (QED) is 0.213. The first-order valence-electron chi connectivity index (χ1n) is 16.4. The van der Waals surface area contributed by atoms with E-state index in [0.29, 0.717) is 5.75 Å². The number of aromatic nitrogens is 6. The van der Waals surface area contributed by atoms with Crippen LogP contribution in [0.4, 0.5) is 20.2 Å². The normalized spacial score (nSPS) is 20.7. The van der Waals surface area contributed by atoms with Crippen LogP contribution < -0.4 is 15.5 Å². The summed E-state index contributed by atoms with van der Waals surface area (Å²) in [6.07, 6.45) is 3.72. The van der Waals surface area contributed by atoms with Crippen LogP contribution in [-0.2, 0) is 27.4 Å². The summed E-state index contributed by atoms with van der Waals surface area (Å²) in [5, 5.41) is 18.2. The Kier molecular flexibility index (Phi) is 9.73. The molecule has 0 aliphatic carbocycles. The molecular weight excluding hydrogens is 667 g/mol. The van der Waals surface area contributed by atoms with Gasteiger partial charge in [0.25, 0.3) is 0 Å². The fourth-order valence-corrected chi connectivity index (χ4v) is 7.21. The summed E-state index contributed by atoms with van der Waals surface area (Å²) >= 11 is 1.46. The minimum atomic E-state index is -1.18. The number of thioether (sulfide) groups is 1. The molecule has 4 unspecified atom stereocenters. The van der Waals surface area contributed by atoms with Crippen LogP contribution in [0, 0.1) is 11.6 Å². The monoisotopic (exact) mass is 704 g/mol. The summed E-state index contributed by atoms with van der Waals surface area (Å²) < 4.78 is 45.3. The van der Waals surface area contributed by atoms with Gasteiger partial charge in [0.1, 0.15) is 36.2 Å². The number of benzene rings is 3. The summed E-state index contributed by atoms with van der Waals surface area (Å²) in [6.45, 7) is 7.06. The Balaban J connectivity index is 0.924. The average Bonchev–Trinajstić information content (AvgIpc) is 3.88. The molecule has 0 saturated carbocycles. The summed E-state index contributed by atoms with van der Waals surface area (Å²) in [5.74, 6) is -0.740. The molecule has 262 valence electrons. The van der Waals surface area contributed by atoms with E-state index < -0.39 is 35.0 Å². The van der Waals surface area contributed by atoms with E-state index in [-0.39, 0.29) is 24.4 Å². The molecule has 2 saturated heterocycles. The van der Waals surface area contributed by atoms with Crippen molar-refractivity contribution in [2.45, 2.75) is 49.5 Å². The van der Waals surface area contributed by atoms with Gasteiger partial charge >= 0.3 is 5.69 Å². The molecule has 3 aromatic carbocycles. The summed E-state index contributed by atoms with van der Waals surface area (Å²) in [4.78, 5) is 21.5. The van der Waals surface area contributed by atoms with E-state index in [9.17, 15) is 18.7 Å². The van der Waals surface area contributed by atoms with Crippen molar-refractivity contribution in [3.05, 3.63) is 119 Å². The number of nitrogens with zero attached hydrogens (tertiary/aromatic N) is 8. The molecule has 0 spiro atoms. The summed E-state index contributed by atoms with van der Waals surface area (Å²) in [5.41, 5.74) is 2.13. The van der Waals surface area contributed by atoms with Gasteiger partial charge in [0.15, 0.2) is 0 Å². The highest BCUT2D eigenvalue weighted by Gasteiger charge is 2.45. The number of aliphatic hydroxyl groups excluding tert-OH is 1. The first-order chi connectivity index (χ1) is 24.2. The van der Waals surface area contributed by atoms with E-state index >= 15 is 0 Å². The molecule has 50 heavy (non-hydrogen) atoms. The van der Waals surface area contributed by atoms with Crippen LogP contribution in [0.15, 0.2) is 90.5 Å². The van der Waals surface area contributed by atoms with Crippen molar-refractivity contribution in [1.82, 2.24) is 29.1 Å². The molecule has 2 aliphatic heterocycles. The van der Waals surface area contributed by atoms with Gasteiger partial charge in [0.05, 0.1) is 31.0 Å². The zero-order valence-corrected chi connectivity index (χ0v) is 28.5. The fourth-order valence-electron chi connectivity index (χ4n) is 6.27. The Morgan fingerprint density at radius 3 is 2.20 bits per heavy atom. The van der Waals surface area contributed by atoms with Gasteiger partial charge in [-0.15, -0.1) is 0 Å².